The number of nitrogens with zero attached hydrogens (tertiary/aromatic N) is 3. The van der Waals surface area contributed by atoms with Crippen molar-refractivity contribution in [1.29, 1.82) is 0 Å². The molecule has 1 saturated heterocycles. The summed E-state index contributed by atoms with van der Waals surface area (Å²) in [5.41, 5.74) is 0.858. The first kappa shape index (κ1) is 16.6. The monoisotopic (exact) mass is 328 g/mol. The van der Waals surface area contributed by atoms with Crippen molar-refractivity contribution in [3.05, 3.63) is 42.0 Å². The second-order valence-corrected chi connectivity index (χ2v) is 6.24. The van der Waals surface area contributed by atoms with Gasteiger partial charge in [0.25, 0.3) is 0 Å². The van der Waals surface area contributed by atoms with Crippen molar-refractivity contribution in [3.8, 4) is 0 Å². The minimum absolute atomic E-state index is 0.0579. The lowest BCUT2D eigenvalue weighted by atomic mass is 9.95. The van der Waals surface area contributed by atoms with E-state index in [9.17, 15) is 4.79 Å². The van der Waals surface area contributed by atoms with Crippen molar-refractivity contribution in [2.24, 2.45) is 5.92 Å². The highest BCUT2D eigenvalue weighted by atomic mass is 16.5. The van der Waals surface area contributed by atoms with E-state index in [2.05, 4.69) is 27.3 Å². The van der Waals surface area contributed by atoms with Crippen LogP contribution in [0.4, 0.5) is 5.69 Å². The number of likely N-dealkylation sites (tertiary alicyclic amines) is 1. The van der Waals surface area contributed by atoms with Crippen molar-refractivity contribution in [1.82, 2.24) is 15.0 Å². The molecule has 1 unspecified atom stereocenters. The van der Waals surface area contributed by atoms with Gasteiger partial charge < -0.3 is 9.84 Å². The lowest BCUT2D eigenvalue weighted by Gasteiger charge is -2.33. The standard InChI is InChI=1S/C18H24N4O2/c1-3-16-20-18(24-21-16)13(2)22-11-9-14(10-12-22)17(23)19-15-7-5-4-6-8-15/h4-8,13-14H,3,9-12H2,1-2H3,(H,19,23). The van der Waals surface area contributed by atoms with Gasteiger partial charge in [0.1, 0.15) is 0 Å². The SMILES string of the molecule is CCc1noc(C(C)N2CCC(C(=O)Nc3ccccc3)CC2)n1. The van der Waals surface area contributed by atoms with Crippen LogP contribution in [0.3, 0.4) is 0 Å². The van der Waals surface area contributed by atoms with Crippen LogP contribution in [0, 0.1) is 5.92 Å². The summed E-state index contributed by atoms with van der Waals surface area (Å²) < 4.78 is 5.34. The molecule has 6 heteroatoms. The molecule has 1 aliphatic rings. The van der Waals surface area contributed by atoms with Gasteiger partial charge in [-0.25, -0.2) is 0 Å². The molecule has 1 aromatic carbocycles. The smallest absolute Gasteiger partial charge is 0.243 e. The van der Waals surface area contributed by atoms with E-state index in [1.807, 2.05) is 37.3 Å². The highest BCUT2D eigenvalue weighted by Crippen LogP contribution is 2.26. The van der Waals surface area contributed by atoms with Gasteiger partial charge in [-0.2, -0.15) is 4.98 Å². The molecule has 1 amide bonds. The lowest BCUT2D eigenvalue weighted by molar-refractivity contribution is -0.121. The number of nitrogens with one attached hydrogen (secondary N) is 1. The van der Waals surface area contributed by atoms with Crippen molar-refractivity contribution in [2.45, 2.75) is 39.2 Å². The first-order valence-corrected chi connectivity index (χ1v) is 8.59. The Hall–Kier alpha value is -2.21. The van der Waals surface area contributed by atoms with E-state index in [-0.39, 0.29) is 17.9 Å². The number of hydrogen-bond donors (Lipinski definition) is 1. The van der Waals surface area contributed by atoms with Crippen LogP contribution in [0.2, 0.25) is 0 Å². The lowest BCUT2D eigenvalue weighted by Crippen LogP contribution is -2.39. The maximum atomic E-state index is 12.4. The number of carbonyl (C=O) groups excluding carboxylic acids is 1. The number of rotatable bonds is 5. The molecule has 2 heterocycles. The Morgan fingerprint density at radius 2 is 2.04 bits per heavy atom. The zero-order valence-electron chi connectivity index (χ0n) is 14.2. The fourth-order valence-electron chi connectivity index (χ4n) is 3.05. The summed E-state index contributed by atoms with van der Waals surface area (Å²) in [5, 5.41) is 6.96. The second-order valence-electron chi connectivity index (χ2n) is 6.24. The molecule has 0 saturated carbocycles. The summed E-state index contributed by atoms with van der Waals surface area (Å²) in [5.74, 6) is 1.58. The minimum atomic E-state index is 0.0579. The van der Waals surface area contributed by atoms with Crippen molar-refractivity contribution < 1.29 is 9.32 Å². The number of benzene rings is 1. The van der Waals surface area contributed by atoms with Crippen LogP contribution in [-0.4, -0.2) is 34.0 Å². The van der Waals surface area contributed by atoms with Crippen LogP contribution in [0.1, 0.15) is 44.4 Å². The fourth-order valence-corrected chi connectivity index (χ4v) is 3.05. The van der Waals surface area contributed by atoms with Crippen molar-refractivity contribution in [2.75, 3.05) is 18.4 Å². The van der Waals surface area contributed by atoms with E-state index in [0.717, 1.165) is 43.9 Å². The van der Waals surface area contributed by atoms with E-state index in [1.165, 1.54) is 0 Å². The van der Waals surface area contributed by atoms with Gasteiger partial charge in [-0.15, -0.1) is 0 Å². The van der Waals surface area contributed by atoms with Crippen LogP contribution in [0.5, 0.6) is 0 Å². The van der Waals surface area contributed by atoms with E-state index < -0.39 is 0 Å². The molecule has 0 bridgehead atoms. The molecule has 0 spiro atoms. The van der Waals surface area contributed by atoms with E-state index in [1.54, 1.807) is 0 Å². The van der Waals surface area contributed by atoms with Gasteiger partial charge in [0.05, 0.1) is 6.04 Å². The third-order valence-corrected chi connectivity index (χ3v) is 4.65. The molecule has 128 valence electrons. The molecule has 1 atom stereocenters. The minimum Gasteiger partial charge on any atom is -0.338 e. The van der Waals surface area contributed by atoms with Gasteiger partial charge in [-0.1, -0.05) is 30.3 Å². The van der Waals surface area contributed by atoms with Gasteiger partial charge >= 0.3 is 0 Å². The van der Waals surface area contributed by atoms with Crippen LogP contribution in [-0.2, 0) is 11.2 Å². The fraction of sp³-hybridized carbons (Fsp3) is 0.500. The predicted octanol–water partition coefficient (Wildman–Crippen LogP) is 3.04. The average Bonchev–Trinajstić information content (AvgIpc) is 3.11. The number of aromatic nitrogens is 2. The number of carbonyl (C=O) groups is 1. The summed E-state index contributed by atoms with van der Waals surface area (Å²) in [7, 11) is 0. The zero-order valence-corrected chi connectivity index (χ0v) is 14.2. The van der Waals surface area contributed by atoms with E-state index in [4.69, 9.17) is 4.52 Å². The Balaban J connectivity index is 1.52. The normalized spacial score (nSPS) is 17.6. The molecule has 2 aromatic rings. The molecule has 1 fully saturated rings. The van der Waals surface area contributed by atoms with Gasteiger partial charge in [-0.3, -0.25) is 9.69 Å². The number of piperidine rings is 1. The van der Waals surface area contributed by atoms with Gasteiger partial charge in [-0.05, 0) is 45.0 Å². The Morgan fingerprint density at radius 1 is 1.33 bits per heavy atom. The third-order valence-electron chi connectivity index (χ3n) is 4.65. The van der Waals surface area contributed by atoms with Crippen LogP contribution in [0.25, 0.3) is 0 Å². The summed E-state index contributed by atoms with van der Waals surface area (Å²) >= 11 is 0. The molecule has 0 aliphatic carbocycles. The molecule has 6 nitrogen and oxygen atoms in total. The molecule has 1 aromatic heterocycles. The first-order chi connectivity index (χ1) is 11.7. The highest BCUT2D eigenvalue weighted by Gasteiger charge is 2.29. The number of para-hydroxylation sites is 1. The predicted molar refractivity (Wildman–Crippen MR) is 91.5 cm³/mol. The van der Waals surface area contributed by atoms with Gasteiger partial charge in [0.15, 0.2) is 5.82 Å². The quantitative estimate of drug-likeness (QED) is 0.913. The molecular weight excluding hydrogens is 304 g/mol. The topological polar surface area (TPSA) is 71.3 Å². The number of aryl methyl sites for hydroxylation is 1. The van der Waals surface area contributed by atoms with E-state index in [0.29, 0.717) is 5.89 Å². The van der Waals surface area contributed by atoms with Crippen LogP contribution < -0.4 is 5.32 Å². The Kier molecular flexibility index (Phi) is 5.25. The van der Waals surface area contributed by atoms with Crippen molar-refractivity contribution in [3.63, 3.8) is 0 Å². The summed E-state index contributed by atoms with van der Waals surface area (Å²) in [6.45, 7) is 5.81. The van der Waals surface area contributed by atoms with E-state index >= 15 is 0 Å². The van der Waals surface area contributed by atoms with Crippen LogP contribution in [0.15, 0.2) is 34.9 Å². The third kappa shape index (κ3) is 3.82. The average molecular weight is 328 g/mol. The first-order valence-electron chi connectivity index (χ1n) is 8.59. The number of amides is 1. The maximum Gasteiger partial charge on any atom is 0.243 e. The molecule has 1 N–H and O–H groups in total. The summed E-state index contributed by atoms with van der Waals surface area (Å²) in [6.07, 6.45) is 2.47. The maximum absolute atomic E-state index is 12.4. The van der Waals surface area contributed by atoms with Gasteiger partial charge in [0.2, 0.25) is 11.8 Å². The zero-order chi connectivity index (χ0) is 16.9. The molecule has 0 radical (unpaired) electrons. The van der Waals surface area contributed by atoms with Crippen LogP contribution >= 0.6 is 0 Å². The molecular formula is C18H24N4O2. The molecule has 3 rings (SSSR count). The molecule has 1 aliphatic heterocycles. The largest absolute Gasteiger partial charge is 0.338 e. The number of hydrogen-bond acceptors (Lipinski definition) is 5. The summed E-state index contributed by atoms with van der Waals surface area (Å²) in [6, 6.07) is 9.71. The summed E-state index contributed by atoms with van der Waals surface area (Å²) in [4.78, 5) is 19.1. The Labute approximate surface area is 142 Å². The highest BCUT2D eigenvalue weighted by molar-refractivity contribution is 5.92. The van der Waals surface area contributed by atoms with Crippen molar-refractivity contribution >= 4 is 11.6 Å². The number of anilines is 1. The Morgan fingerprint density at radius 3 is 2.67 bits per heavy atom. The Bertz CT molecular complexity index is 663. The molecule has 24 heavy (non-hydrogen) atoms. The van der Waals surface area contributed by atoms with Gasteiger partial charge in [0, 0.05) is 18.0 Å². The second kappa shape index (κ2) is 7.57.